The molecule has 1 saturated carbocycles. The van der Waals surface area contributed by atoms with E-state index < -0.39 is 0 Å². The molecule has 1 saturated heterocycles. The highest BCUT2D eigenvalue weighted by Gasteiger charge is 2.35. The maximum Gasteiger partial charge on any atom is 0.0600 e. The average molecular weight is 239 g/mol. The van der Waals surface area contributed by atoms with Gasteiger partial charge in [-0.05, 0) is 43.6 Å². The minimum absolute atomic E-state index is 0.0334. The Morgan fingerprint density at radius 1 is 1.18 bits per heavy atom. The van der Waals surface area contributed by atoms with Crippen LogP contribution in [-0.2, 0) is 0 Å². The van der Waals surface area contributed by atoms with Crippen molar-refractivity contribution in [2.75, 3.05) is 13.1 Å². The van der Waals surface area contributed by atoms with Crippen LogP contribution in [0.3, 0.4) is 0 Å². The summed E-state index contributed by atoms with van der Waals surface area (Å²) in [7, 11) is 0. The van der Waals surface area contributed by atoms with E-state index in [4.69, 9.17) is 0 Å². The number of rotatable bonds is 3. The first kappa shape index (κ1) is 13.4. The lowest BCUT2D eigenvalue weighted by Gasteiger charge is -2.33. The summed E-state index contributed by atoms with van der Waals surface area (Å²) in [5.41, 5.74) is 0.0334. The SMILES string of the molecule is CC(C)(C)C(O)CCN1CCC2CCCCC21. The van der Waals surface area contributed by atoms with Gasteiger partial charge in [0.1, 0.15) is 0 Å². The largest absolute Gasteiger partial charge is 0.393 e. The standard InChI is InChI=1S/C15H29NO/c1-15(2,3)14(17)9-11-16-10-8-12-6-4-5-7-13(12)16/h12-14,17H,4-11H2,1-3H3. The third kappa shape index (κ3) is 3.23. The summed E-state index contributed by atoms with van der Waals surface area (Å²) >= 11 is 0. The molecule has 0 aromatic carbocycles. The summed E-state index contributed by atoms with van der Waals surface area (Å²) in [6.07, 6.45) is 7.88. The maximum absolute atomic E-state index is 10.1. The normalized spacial score (nSPS) is 32.5. The fourth-order valence-corrected chi connectivity index (χ4v) is 3.50. The van der Waals surface area contributed by atoms with Gasteiger partial charge in [-0.2, -0.15) is 0 Å². The lowest BCUT2D eigenvalue weighted by atomic mass is 9.84. The van der Waals surface area contributed by atoms with Gasteiger partial charge >= 0.3 is 0 Å². The molecule has 0 spiro atoms. The van der Waals surface area contributed by atoms with E-state index in [1.807, 2.05) is 0 Å². The summed E-state index contributed by atoms with van der Waals surface area (Å²) in [5.74, 6) is 0.968. The number of aliphatic hydroxyl groups excluding tert-OH is 1. The van der Waals surface area contributed by atoms with E-state index in [0.717, 1.165) is 24.9 Å². The Balaban J connectivity index is 1.80. The van der Waals surface area contributed by atoms with E-state index >= 15 is 0 Å². The van der Waals surface area contributed by atoms with Crippen LogP contribution in [0.2, 0.25) is 0 Å². The molecule has 1 heterocycles. The van der Waals surface area contributed by atoms with Crippen LogP contribution in [0, 0.1) is 11.3 Å². The Bertz CT molecular complexity index is 246. The minimum Gasteiger partial charge on any atom is -0.393 e. The fraction of sp³-hybridized carbons (Fsp3) is 1.00. The van der Waals surface area contributed by atoms with Crippen LogP contribution in [0.1, 0.15) is 59.3 Å². The van der Waals surface area contributed by atoms with Crippen LogP contribution in [-0.4, -0.2) is 35.2 Å². The molecule has 3 atom stereocenters. The molecule has 0 bridgehead atoms. The van der Waals surface area contributed by atoms with E-state index in [0.29, 0.717) is 0 Å². The molecule has 2 aliphatic rings. The van der Waals surface area contributed by atoms with Gasteiger partial charge in [0.15, 0.2) is 0 Å². The van der Waals surface area contributed by atoms with Crippen molar-refractivity contribution in [3.8, 4) is 0 Å². The Labute approximate surface area is 106 Å². The van der Waals surface area contributed by atoms with Crippen LogP contribution in [0.4, 0.5) is 0 Å². The second-order valence-corrected chi connectivity index (χ2v) is 7.11. The minimum atomic E-state index is -0.162. The van der Waals surface area contributed by atoms with Crippen LogP contribution in [0.25, 0.3) is 0 Å². The van der Waals surface area contributed by atoms with Crippen molar-refractivity contribution in [2.45, 2.75) is 71.4 Å². The summed E-state index contributed by atoms with van der Waals surface area (Å²) in [4.78, 5) is 2.65. The molecule has 3 unspecified atom stereocenters. The highest BCUT2D eigenvalue weighted by Crippen LogP contribution is 2.36. The molecular formula is C15H29NO. The fourth-order valence-electron chi connectivity index (χ4n) is 3.50. The van der Waals surface area contributed by atoms with Crippen LogP contribution in [0.5, 0.6) is 0 Å². The molecule has 2 nitrogen and oxygen atoms in total. The molecule has 1 N–H and O–H groups in total. The van der Waals surface area contributed by atoms with Gasteiger partial charge in [0.05, 0.1) is 6.10 Å². The quantitative estimate of drug-likeness (QED) is 0.818. The molecule has 0 aromatic heterocycles. The highest BCUT2D eigenvalue weighted by atomic mass is 16.3. The lowest BCUT2D eigenvalue weighted by Crippen LogP contribution is -2.38. The Morgan fingerprint density at radius 2 is 1.88 bits per heavy atom. The second-order valence-electron chi connectivity index (χ2n) is 7.11. The molecule has 2 rings (SSSR count). The van der Waals surface area contributed by atoms with Crippen molar-refractivity contribution in [1.29, 1.82) is 0 Å². The first-order valence-electron chi connectivity index (χ1n) is 7.40. The third-order valence-electron chi connectivity index (χ3n) is 4.81. The van der Waals surface area contributed by atoms with Crippen LogP contribution >= 0.6 is 0 Å². The van der Waals surface area contributed by atoms with E-state index in [2.05, 4.69) is 25.7 Å². The van der Waals surface area contributed by atoms with Crippen molar-refractivity contribution >= 4 is 0 Å². The molecule has 2 heteroatoms. The van der Waals surface area contributed by atoms with Crippen molar-refractivity contribution < 1.29 is 5.11 Å². The van der Waals surface area contributed by atoms with Gasteiger partial charge < -0.3 is 10.0 Å². The zero-order chi connectivity index (χ0) is 12.5. The van der Waals surface area contributed by atoms with Gasteiger partial charge in [-0.25, -0.2) is 0 Å². The van der Waals surface area contributed by atoms with Gasteiger partial charge in [0.25, 0.3) is 0 Å². The zero-order valence-electron chi connectivity index (χ0n) is 11.8. The van der Waals surface area contributed by atoms with Crippen molar-refractivity contribution in [3.05, 3.63) is 0 Å². The second kappa shape index (κ2) is 5.27. The van der Waals surface area contributed by atoms with E-state index in [1.54, 1.807) is 0 Å². The predicted molar refractivity (Wildman–Crippen MR) is 72.0 cm³/mol. The molecule has 100 valence electrons. The Hall–Kier alpha value is -0.0800. The molecule has 0 aromatic rings. The highest BCUT2D eigenvalue weighted by molar-refractivity contribution is 4.90. The van der Waals surface area contributed by atoms with E-state index in [9.17, 15) is 5.11 Å². The number of likely N-dealkylation sites (tertiary alicyclic amines) is 1. The monoisotopic (exact) mass is 239 g/mol. The van der Waals surface area contributed by atoms with Gasteiger partial charge in [-0.3, -0.25) is 0 Å². The van der Waals surface area contributed by atoms with E-state index in [1.165, 1.54) is 38.6 Å². The van der Waals surface area contributed by atoms with Gasteiger partial charge in [-0.1, -0.05) is 33.6 Å². The Morgan fingerprint density at radius 3 is 2.59 bits per heavy atom. The lowest BCUT2D eigenvalue weighted by molar-refractivity contribution is 0.0415. The smallest absolute Gasteiger partial charge is 0.0600 e. The summed E-state index contributed by atoms with van der Waals surface area (Å²) in [6, 6.07) is 0.843. The molecule has 1 aliphatic heterocycles. The number of fused-ring (bicyclic) bond motifs is 1. The van der Waals surface area contributed by atoms with Crippen molar-refractivity contribution in [2.24, 2.45) is 11.3 Å². The molecular weight excluding hydrogens is 210 g/mol. The first-order valence-corrected chi connectivity index (χ1v) is 7.40. The predicted octanol–water partition coefficient (Wildman–Crippen LogP) is 3.05. The number of aliphatic hydroxyl groups is 1. The summed E-state index contributed by atoms with van der Waals surface area (Å²) in [6.45, 7) is 8.76. The van der Waals surface area contributed by atoms with Gasteiger partial charge in [0, 0.05) is 12.6 Å². The average Bonchev–Trinajstić information content (AvgIpc) is 2.68. The number of nitrogens with zero attached hydrogens (tertiary/aromatic N) is 1. The number of hydrogen-bond acceptors (Lipinski definition) is 2. The summed E-state index contributed by atoms with van der Waals surface area (Å²) < 4.78 is 0. The topological polar surface area (TPSA) is 23.5 Å². The molecule has 0 radical (unpaired) electrons. The summed E-state index contributed by atoms with van der Waals surface area (Å²) in [5, 5.41) is 10.1. The maximum atomic E-state index is 10.1. The van der Waals surface area contributed by atoms with Gasteiger partial charge in [-0.15, -0.1) is 0 Å². The molecule has 2 fully saturated rings. The van der Waals surface area contributed by atoms with E-state index in [-0.39, 0.29) is 11.5 Å². The van der Waals surface area contributed by atoms with Gasteiger partial charge in [0.2, 0.25) is 0 Å². The zero-order valence-corrected chi connectivity index (χ0v) is 11.8. The Kier molecular flexibility index (Phi) is 4.14. The third-order valence-corrected chi connectivity index (χ3v) is 4.81. The van der Waals surface area contributed by atoms with Crippen molar-refractivity contribution in [3.63, 3.8) is 0 Å². The first-order chi connectivity index (χ1) is 7.98. The van der Waals surface area contributed by atoms with Crippen LogP contribution in [0.15, 0.2) is 0 Å². The molecule has 1 aliphatic carbocycles. The van der Waals surface area contributed by atoms with Crippen molar-refractivity contribution in [1.82, 2.24) is 4.90 Å². The van der Waals surface area contributed by atoms with Crippen LogP contribution < -0.4 is 0 Å². The number of hydrogen-bond donors (Lipinski definition) is 1. The molecule has 0 amide bonds. The molecule has 17 heavy (non-hydrogen) atoms.